The van der Waals surface area contributed by atoms with E-state index in [2.05, 4.69) is 0 Å². The van der Waals surface area contributed by atoms with Gasteiger partial charge < -0.3 is 0 Å². The number of carbonyl (C=O) groups excluding carboxylic acids is 5. The fourth-order valence-electron chi connectivity index (χ4n) is 1.48. The Morgan fingerprint density at radius 3 is 1.75 bits per heavy atom. The molecule has 0 aliphatic carbocycles. The Balaban J connectivity index is 2.26. The standard InChI is InChI=1S/C9H6N2O5/c12-5-1-2-6(13)10(5)9(16)11-7(14)3-4-8(11)15/h1-2H,3-4H2. The molecule has 0 unspecified atom stereocenters. The summed E-state index contributed by atoms with van der Waals surface area (Å²) in [5, 5.41) is 0. The van der Waals surface area contributed by atoms with Crippen molar-refractivity contribution in [3.63, 3.8) is 0 Å². The van der Waals surface area contributed by atoms with Crippen LogP contribution in [0, 0.1) is 0 Å². The van der Waals surface area contributed by atoms with Gasteiger partial charge in [0.05, 0.1) is 0 Å². The van der Waals surface area contributed by atoms with Crippen molar-refractivity contribution in [3.05, 3.63) is 12.2 Å². The number of imide groups is 6. The van der Waals surface area contributed by atoms with E-state index in [0.717, 1.165) is 12.2 Å². The Morgan fingerprint density at radius 1 is 0.875 bits per heavy atom. The second-order valence-corrected chi connectivity index (χ2v) is 3.25. The van der Waals surface area contributed by atoms with Crippen molar-refractivity contribution in [1.82, 2.24) is 9.80 Å². The lowest BCUT2D eigenvalue weighted by Crippen LogP contribution is -2.48. The molecule has 2 aliphatic rings. The maximum absolute atomic E-state index is 11.6. The lowest BCUT2D eigenvalue weighted by Gasteiger charge is -2.17. The molecule has 0 atom stereocenters. The smallest absolute Gasteiger partial charge is 0.274 e. The molecule has 0 N–H and O–H groups in total. The summed E-state index contributed by atoms with van der Waals surface area (Å²) in [6.45, 7) is 0. The van der Waals surface area contributed by atoms with Gasteiger partial charge in [-0.2, -0.15) is 9.80 Å². The van der Waals surface area contributed by atoms with Gasteiger partial charge in [0.25, 0.3) is 11.8 Å². The molecule has 0 aromatic rings. The number of rotatable bonds is 0. The van der Waals surface area contributed by atoms with E-state index in [9.17, 15) is 24.0 Å². The second-order valence-electron chi connectivity index (χ2n) is 3.25. The number of hydrogen-bond acceptors (Lipinski definition) is 5. The zero-order valence-electron chi connectivity index (χ0n) is 8.00. The Bertz CT molecular complexity index is 427. The largest absolute Gasteiger partial charge is 0.347 e. The highest BCUT2D eigenvalue weighted by Gasteiger charge is 2.42. The van der Waals surface area contributed by atoms with Gasteiger partial charge in [-0.3, -0.25) is 19.2 Å². The van der Waals surface area contributed by atoms with Crippen LogP contribution in [0.4, 0.5) is 4.79 Å². The molecule has 16 heavy (non-hydrogen) atoms. The van der Waals surface area contributed by atoms with E-state index >= 15 is 0 Å². The van der Waals surface area contributed by atoms with E-state index < -0.39 is 29.7 Å². The third kappa shape index (κ3) is 1.33. The molecule has 6 amide bonds. The molecule has 0 spiro atoms. The maximum atomic E-state index is 11.6. The molecule has 0 aromatic heterocycles. The van der Waals surface area contributed by atoms with E-state index in [1.54, 1.807) is 0 Å². The van der Waals surface area contributed by atoms with E-state index in [1.165, 1.54) is 0 Å². The van der Waals surface area contributed by atoms with Gasteiger partial charge in [-0.25, -0.2) is 4.79 Å². The predicted molar refractivity (Wildman–Crippen MR) is 47.5 cm³/mol. The number of carbonyl (C=O) groups is 5. The average Bonchev–Trinajstić information content (AvgIpc) is 2.71. The van der Waals surface area contributed by atoms with E-state index in [-0.39, 0.29) is 17.7 Å². The van der Waals surface area contributed by atoms with Crippen LogP contribution in [0.3, 0.4) is 0 Å². The van der Waals surface area contributed by atoms with E-state index in [4.69, 9.17) is 0 Å². The first-order chi connectivity index (χ1) is 7.52. The van der Waals surface area contributed by atoms with Crippen molar-refractivity contribution >= 4 is 29.7 Å². The molecule has 2 aliphatic heterocycles. The van der Waals surface area contributed by atoms with Gasteiger partial charge in [-0.1, -0.05) is 0 Å². The number of nitrogens with zero attached hydrogens (tertiary/aromatic N) is 2. The molecule has 7 heteroatoms. The van der Waals surface area contributed by atoms with Crippen molar-refractivity contribution in [2.24, 2.45) is 0 Å². The summed E-state index contributed by atoms with van der Waals surface area (Å²) < 4.78 is 0. The first-order valence-corrected chi connectivity index (χ1v) is 4.48. The molecule has 0 saturated carbocycles. The molecule has 0 aromatic carbocycles. The quantitative estimate of drug-likeness (QED) is 0.499. The van der Waals surface area contributed by atoms with Crippen LogP contribution in [0.2, 0.25) is 0 Å². The minimum atomic E-state index is -1.19. The minimum absolute atomic E-state index is 0.0752. The summed E-state index contributed by atoms with van der Waals surface area (Å²) >= 11 is 0. The molecular formula is C9H6N2O5. The maximum Gasteiger partial charge on any atom is 0.347 e. The van der Waals surface area contributed by atoms with Crippen molar-refractivity contribution in [3.8, 4) is 0 Å². The molecule has 0 radical (unpaired) electrons. The summed E-state index contributed by atoms with van der Waals surface area (Å²) in [5.74, 6) is -3.07. The van der Waals surface area contributed by atoms with Gasteiger partial charge in [-0.05, 0) is 0 Å². The van der Waals surface area contributed by atoms with Crippen LogP contribution in [0.5, 0.6) is 0 Å². The number of urea groups is 1. The molecule has 0 bridgehead atoms. The fourth-order valence-corrected chi connectivity index (χ4v) is 1.48. The lowest BCUT2D eigenvalue weighted by molar-refractivity contribution is -0.137. The van der Waals surface area contributed by atoms with Crippen LogP contribution in [0.25, 0.3) is 0 Å². The molecular weight excluding hydrogens is 216 g/mol. The van der Waals surface area contributed by atoms with Crippen molar-refractivity contribution in [2.45, 2.75) is 12.8 Å². The first-order valence-electron chi connectivity index (χ1n) is 4.48. The molecule has 1 saturated heterocycles. The molecule has 82 valence electrons. The molecule has 2 rings (SSSR count). The zero-order chi connectivity index (χ0) is 11.9. The van der Waals surface area contributed by atoms with Gasteiger partial charge in [0.2, 0.25) is 11.8 Å². The van der Waals surface area contributed by atoms with Crippen LogP contribution in [0.1, 0.15) is 12.8 Å². The monoisotopic (exact) mass is 222 g/mol. The molecule has 7 nitrogen and oxygen atoms in total. The van der Waals surface area contributed by atoms with Gasteiger partial charge in [-0.15, -0.1) is 0 Å². The number of likely N-dealkylation sites (tertiary alicyclic amines) is 1. The van der Waals surface area contributed by atoms with Crippen molar-refractivity contribution in [2.75, 3.05) is 0 Å². The van der Waals surface area contributed by atoms with Crippen molar-refractivity contribution in [1.29, 1.82) is 0 Å². The van der Waals surface area contributed by atoms with E-state index in [1.807, 2.05) is 0 Å². The van der Waals surface area contributed by atoms with Gasteiger partial charge >= 0.3 is 6.03 Å². The van der Waals surface area contributed by atoms with Gasteiger partial charge in [0.15, 0.2) is 0 Å². The number of hydrogen-bond donors (Lipinski definition) is 0. The third-order valence-corrected chi connectivity index (χ3v) is 2.24. The Labute approximate surface area is 89.3 Å². The third-order valence-electron chi connectivity index (χ3n) is 2.24. The summed E-state index contributed by atoms with van der Waals surface area (Å²) in [6, 6.07) is -1.19. The fraction of sp³-hybridized carbons (Fsp3) is 0.222. The topological polar surface area (TPSA) is 91.8 Å². The summed E-state index contributed by atoms with van der Waals surface area (Å²) in [4.78, 5) is 56.9. The normalized spacial score (nSPS) is 20.2. The highest BCUT2D eigenvalue weighted by Crippen LogP contribution is 2.16. The summed E-state index contributed by atoms with van der Waals surface area (Å²) in [7, 11) is 0. The Hall–Kier alpha value is -2.31. The Kier molecular flexibility index (Phi) is 2.15. The molecule has 2 heterocycles. The predicted octanol–water partition coefficient (Wildman–Crippen LogP) is -0.820. The van der Waals surface area contributed by atoms with Crippen LogP contribution < -0.4 is 0 Å². The second kappa shape index (κ2) is 3.37. The summed E-state index contributed by atoms with van der Waals surface area (Å²) in [5.41, 5.74) is 0. The van der Waals surface area contributed by atoms with Crippen LogP contribution in [0.15, 0.2) is 12.2 Å². The zero-order valence-corrected chi connectivity index (χ0v) is 8.00. The number of amides is 6. The minimum Gasteiger partial charge on any atom is -0.274 e. The van der Waals surface area contributed by atoms with Gasteiger partial charge in [0.1, 0.15) is 0 Å². The average molecular weight is 222 g/mol. The SMILES string of the molecule is O=C1C=CC(=O)N1C(=O)N1C(=O)CCC1=O. The molecule has 1 fully saturated rings. The van der Waals surface area contributed by atoms with E-state index in [0.29, 0.717) is 4.90 Å². The van der Waals surface area contributed by atoms with Crippen LogP contribution >= 0.6 is 0 Å². The Morgan fingerprint density at radius 2 is 1.31 bits per heavy atom. The summed E-state index contributed by atoms with van der Waals surface area (Å²) in [6.07, 6.45) is 1.67. The van der Waals surface area contributed by atoms with Gasteiger partial charge in [0, 0.05) is 25.0 Å². The highest BCUT2D eigenvalue weighted by molar-refractivity contribution is 6.27. The lowest BCUT2D eigenvalue weighted by atomic mass is 10.4. The van der Waals surface area contributed by atoms with Crippen molar-refractivity contribution < 1.29 is 24.0 Å². The van der Waals surface area contributed by atoms with Crippen LogP contribution in [-0.2, 0) is 19.2 Å². The first kappa shape index (κ1) is 10.2. The highest BCUT2D eigenvalue weighted by atomic mass is 16.2. The van der Waals surface area contributed by atoms with Crippen LogP contribution in [-0.4, -0.2) is 39.5 Å².